The molecule has 7 heteroatoms. The van der Waals surface area contributed by atoms with Crippen LogP contribution in [0.4, 0.5) is 0 Å². The van der Waals surface area contributed by atoms with E-state index in [-0.39, 0.29) is 29.2 Å². The minimum atomic E-state index is -2.91. The maximum Gasteiger partial charge on any atom is 0.256 e. The molecule has 2 rings (SSSR count). The molecule has 0 radical (unpaired) electrons. The van der Waals surface area contributed by atoms with Gasteiger partial charge in [-0.3, -0.25) is 4.79 Å². The van der Waals surface area contributed by atoms with Crippen molar-refractivity contribution in [2.24, 2.45) is 5.92 Å². The molecule has 1 aromatic heterocycles. The third kappa shape index (κ3) is 3.20. The van der Waals surface area contributed by atoms with Gasteiger partial charge in [-0.15, -0.1) is 0 Å². The van der Waals surface area contributed by atoms with E-state index in [1.165, 1.54) is 0 Å². The molecule has 2 heterocycles. The molecule has 6 nitrogen and oxygen atoms in total. The second-order valence-electron chi connectivity index (χ2n) is 5.64. The van der Waals surface area contributed by atoms with Gasteiger partial charge in [0.2, 0.25) is 0 Å². The van der Waals surface area contributed by atoms with E-state index in [0.717, 1.165) is 0 Å². The average Bonchev–Trinajstić information content (AvgIpc) is 2.89. The first-order chi connectivity index (χ1) is 9.30. The first-order valence-corrected chi connectivity index (χ1v) is 8.57. The Kier molecular flexibility index (Phi) is 4.17. The largest absolute Gasteiger partial charge is 0.360 e. The lowest BCUT2D eigenvalue weighted by Gasteiger charge is -2.10. The Morgan fingerprint density at radius 2 is 2.20 bits per heavy atom. The van der Waals surface area contributed by atoms with Crippen LogP contribution in [0.5, 0.6) is 0 Å². The van der Waals surface area contributed by atoms with E-state index in [1.54, 1.807) is 6.92 Å². The van der Waals surface area contributed by atoms with Crippen LogP contribution in [-0.2, 0) is 9.84 Å². The van der Waals surface area contributed by atoms with E-state index >= 15 is 0 Å². The Bertz CT molecular complexity index is 604. The molecule has 1 atom stereocenters. The molecule has 1 amide bonds. The summed E-state index contributed by atoms with van der Waals surface area (Å²) < 4.78 is 27.9. The van der Waals surface area contributed by atoms with Crippen LogP contribution in [-0.4, -0.2) is 37.5 Å². The van der Waals surface area contributed by atoms with Gasteiger partial charge in [0.1, 0.15) is 5.56 Å². The molecule has 1 aromatic rings. The van der Waals surface area contributed by atoms with Crippen LogP contribution >= 0.6 is 0 Å². The summed E-state index contributed by atoms with van der Waals surface area (Å²) in [5, 5.41) is 6.63. The molecule has 1 aliphatic heterocycles. The summed E-state index contributed by atoms with van der Waals surface area (Å²) in [6, 6.07) is 0. The summed E-state index contributed by atoms with van der Waals surface area (Å²) in [4.78, 5) is 12.2. The van der Waals surface area contributed by atoms with Gasteiger partial charge in [0.25, 0.3) is 5.91 Å². The summed E-state index contributed by atoms with van der Waals surface area (Å²) in [5.74, 6) is 0.788. The highest BCUT2D eigenvalue weighted by Crippen LogP contribution is 2.22. The van der Waals surface area contributed by atoms with Crippen LogP contribution in [0, 0.1) is 12.8 Å². The molecule has 20 heavy (non-hydrogen) atoms. The fraction of sp³-hybridized carbons (Fsp3) is 0.692. The van der Waals surface area contributed by atoms with Gasteiger partial charge in [-0.25, -0.2) is 8.42 Å². The van der Waals surface area contributed by atoms with Gasteiger partial charge in [-0.05, 0) is 19.3 Å². The number of amides is 1. The summed E-state index contributed by atoms with van der Waals surface area (Å²) in [6.45, 7) is 5.96. The zero-order chi connectivity index (χ0) is 14.9. The van der Waals surface area contributed by atoms with E-state index in [0.29, 0.717) is 30.0 Å². The van der Waals surface area contributed by atoms with E-state index in [2.05, 4.69) is 10.5 Å². The Labute approximate surface area is 118 Å². The SMILES string of the molecule is Cc1noc(C(C)C)c1C(=O)NCC1CCS(=O)(=O)C1. The molecule has 112 valence electrons. The highest BCUT2D eigenvalue weighted by molar-refractivity contribution is 7.91. The molecule has 0 aliphatic carbocycles. The van der Waals surface area contributed by atoms with Gasteiger partial charge in [-0.1, -0.05) is 19.0 Å². The second kappa shape index (κ2) is 5.55. The number of carbonyl (C=O) groups is 1. The average molecular weight is 300 g/mol. The lowest BCUT2D eigenvalue weighted by molar-refractivity contribution is 0.0945. The molecule has 0 bridgehead atoms. The summed E-state index contributed by atoms with van der Waals surface area (Å²) in [7, 11) is -2.91. The first-order valence-electron chi connectivity index (χ1n) is 6.75. The van der Waals surface area contributed by atoms with Crippen molar-refractivity contribution >= 4 is 15.7 Å². The van der Waals surface area contributed by atoms with E-state index < -0.39 is 9.84 Å². The summed E-state index contributed by atoms with van der Waals surface area (Å²) in [5.41, 5.74) is 1.03. The Morgan fingerprint density at radius 1 is 1.50 bits per heavy atom. The van der Waals surface area contributed by atoms with Crippen molar-refractivity contribution < 1.29 is 17.7 Å². The predicted molar refractivity (Wildman–Crippen MR) is 74.4 cm³/mol. The van der Waals surface area contributed by atoms with Gasteiger partial charge in [0.15, 0.2) is 15.6 Å². The lowest BCUT2D eigenvalue weighted by Crippen LogP contribution is -2.30. The number of hydrogen-bond donors (Lipinski definition) is 1. The molecular weight excluding hydrogens is 280 g/mol. The molecular formula is C13H20N2O4S. The van der Waals surface area contributed by atoms with Crippen LogP contribution in [0.15, 0.2) is 4.52 Å². The molecule has 0 spiro atoms. The van der Waals surface area contributed by atoms with Crippen LogP contribution in [0.1, 0.15) is 48.0 Å². The minimum Gasteiger partial charge on any atom is -0.360 e. The topological polar surface area (TPSA) is 89.3 Å². The highest BCUT2D eigenvalue weighted by atomic mass is 32.2. The zero-order valence-electron chi connectivity index (χ0n) is 12.0. The lowest BCUT2D eigenvalue weighted by atomic mass is 10.0. The second-order valence-corrected chi connectivity index (χ2v) is 7.87. The molecule has 1 saturated heterocycles. The van der Waals surface area contributed by atoms with Crippen LogP contribution in [0.2, 0.25) is 0 Å². The number of nitrogens with one attached hydrogen (secondary N) is 1. The van der Waals surface area contributed by atoms with Crippen LogP contribution < -0.4 is 5.32 Å². The molecule has 0 aromatic carbocycles. The van der Waals surface area contributed by atoms with Crippen molar-refractivity contribution in [2.45, 2.75) is 33.1 Å². The third-order valence-electron chi connectivity index (χ3n) is 3.52. The molecule has 0 saturated carbocycles. The number of rotatable bonds is 4. The monoisotopic (exact) mass is 300 g/mol. The van der Waals surface area contributed by atoms with Gasteiger partial charge >= 0.3 is 0 Å². The molecule has 1 unspecified atom stereocenters. The normalized spacial score (nSPS) is 21.3. The van der Waals surface area contributed by atoms with Crippen molar-refractivity contribution in [3.8, 4) is 0 Å². The van der Waals surface area contributed by atoms with E-state index in [9.17, 15) is 13.2 Å². The van der Waals surface area contributed by atoms with Gasteiger partial charge in [0, 0.05) is 12.5 Å². The van der Waals surface area contributed by atoms with Crippen LogP contribution in [0.3, 0.4) is 0 Å². The molecule has 1 aliphatic rings. The van der Waals surface area contributed by atoms with Crippen molar-refractivity contribution in [3.63, 3.8) is 0 Å². The smallest absolute Gasteiger partial charge is 0.256 e. The van der Waals surface area contributed by atoms with Crippen molar-refractivity contribution in [1.82, 2.24) is 10.5 Å². The van der Waals surface area contributed by atoms with Gasteiger partial charge < -0.3 is 9.84 Å². The first kappa shape index (κ1) is 15.0. The molecule has 1 fully saturated rings. The predicted octanol–water partition coefficient (Wildman–Crippen LogP) is 1.27. The summed E-state index contributed by atoms with van der Waals surface area (Å²) in [6.07, 6.45) is 0.613. The quantitative estimate of drug-likeness (QED) is 0.904. The number of sulfone groups is 1. The number of carbonyl (C=O) groups excluding carboxylic acids is 1. The fourth-order valence-corrected chi connectivity index (χ4v) is 4.28. The van der Waals surface area contributed by atoms with E-state index in [1.807, 2.05) is 13.8 Å². The van der Waals surface area contributed by atoms with Gasteiger partial charge in [0.05, 0.1) is 17.2 Å². The number of nitrogens with zero attached hydrogens (tertiary/aromatic N) is 1. The highest BCUT2D eigenvalue weighted by Gasteiger charge is 2.29. The fourth-order valence-electron chi connectivity index (χ4n) is 2.42. The Hall–Kier alpha value is -1.37. The summed E-state index contributed by atoms with van der Waals surface area (Å²) >= 11 is 0. The number of aryl methyl sites for hydroxylation is 1. The third-order valence-corrected chi connectivity index (χ3v) is 5.36. The minimum absolute atomic E-state index is 0.00613. The maximum absolute atomic E-state index is 12.2. The number of aromatic nitrogens is 1. The maximum atomic E-state index is 12.2. The standard InChI is InChI=1S/C13H20N2O4S/c1-8(2)12-11(9(3)15-19-12)13(16)14-6-10-4-5-20(17,18)7-10/h8,10H,4-7H2,1-3H3,(H,14,16). The number of hydrogen-bond acceptors (Lipinski definition) is 5. The van der Waals surface area contributed by atoms with Crippen molar-refractivity contribution in [1.29, 1.82) is 0 Å². The van der Waals surface area contributed by atoms with E-state index in [4.69, 9.17) is 4.52 Å². The van der Waals surface area contributed by atoms with Crippen molar-refractivity contribution in [3.05, 3.63) is 17.0 Å². The molecule has 1 N–H and O–H groups in total. The van der Waals surface area contributed by atoms with Gasteiger partial charge in [-0.2, -0.15) is 0 Å². The Balaban J connectivity index is 2.01. The van der Waals surface area contributed by atoms with Crippen molar-refractivity contribution in [2.75, 3.05) is 18.1 Å². The zero-order valence-corrected chi connectivity index (χ0v) is 12.8. The van der Waals surface area contributed by atoms with Crippen LogP contribution in [0.25, 0.3) is 0 Å². The Morgan fingerprint density at radius 3 is 2.75 bits per heavy atom.